The van der Waals surface area contributed by atoms with Crippen molar-refractivity contribution < 1.29 is 32.5 Å². The summed E-state index contributed by atoms with van der Waals surface area (Å²) in [5.41, 5.74) is 0. The van der Waals surface area contributed by atoms with Crippen molar-refractivity contribution in [1.29, 1.82) is 0 Å². The van der Waals surface area contributed by atoms with Gasteiger partial charge in [-0.2, -0.15) is 4.31 Å². The van der Waals surface area contributed by atoms with Gasteiger partial charge in [0, 0.05) is 18.7 Å². The Morgan fingerprint density at radius 1 is 1.35 bits per heavy atom. The predicted octanol–water partition coefficient (Wildman–Crippen LogP) is 0.831. The Kier molecular flexibility index (Phi) is 5.35. The topological polar surface area (TPSA) is 102 Å². The van der Waals surface area contributed by atoms with E-state index in [1.54, 1.807) is 0 Å². The summed E-state index contributed by atoms with van der Waals surface area (Å²) in [7, 11) is -1.22. The molecule has 1 fully saturated rings. The van der Waals surface area contributed by atoms with Crippen molar-refractivity contribution in [3.8, 4) is 11.5 Å². The van der Waals surface area contributed by atoms with Crippen LogP contribution in [0.5, 0.6) is 11.5 Å². The van der Waals surface area contributed by atoms with Crippen LogP contribution in [-0.2, 0) is 19.6 Å². The molecule has 0 saturated carbocycles. The summed E-state index contributed by atoms with van der Waals surface area (Å²) in [5.74, 6) is -0.719. The Hall–Kier alpha value is -1.55. The minimum atomic E-state index is -3.99. The molecule has 1 aliphatic rings. The number of carbonyl (C=O) groups is 1. The van der Waals surface area contributed by atoms with Gasteiger partial charge < -0.3 is 19.3 Å². The molecule has 2 rings (SSSR count). The third-order valence-electron chi connectivity index (χ3n) is 3.36. The Bertz CT molecular complexity index is 707. The van der Waals surface area contributed by atoms with Crippen molar-refractivity contribution in [2.45, 2.75) is 11.0 Å². The van der Waals surface area contributed by atoms with Gasteiger partial charge in [-0.3, -0.25) is 0 Å². The highest BCUT2D eigenvalue weighted by atomic mass is 35.5. The third-order valence-corrected chi connectivity index (χ3v) is 5.69. The zero-order valence-corrected chi connectivity index (χ0v) is 14.1. The van der Waals surface area contributed by atoms with Gasteiger partial charge in [0.2, 0.25) is 10.0 Å². The molecule has 1 unspecified atom stereocenters. The molecule has 23 heavy (non-hydrogen) atoms. The second kappa shape index (κ2) is 6.91. The van der Waals surface area contributed by atoms with Crippen LogP contribution < -0.4 is 9.47 Å². The SMILES string of the molecule is COc1cc(Cl)c(S(=O)(=O)N2CCOC(C(=O)O)C2)cc1OC. The maximum absolute atomic E-state index is 12.7. The Morgan fingerprint density at radius 3 is 2.52 bits per heavy atom. The van der Waals surface area contributed by atoms with Crippen LogP contribution in [0.25, 0.3) is 0 Å². The lowest BCUT2D eigenvalue weighted by molar-refractivity contribution is -0.153. The molecule has 1 aromatic rings. The maximum atomic E-state index is 12.7. The molecular formula is C13H16ClNO7S. The number of sulfonamides is 1. The number of hydrogen-bond acceptors (Lipinski definition) is 6. The summed E-state index contributed by atoms with van der Waals surface area (Å²) in [6.07, 6.45) is -1.21. The number of hydrogen-bond donors (Lipinski definition) is 1. The number of benzene rings is 1. The first kappa shape index (κ1) is 17.8. The quantitative estimate of drug-likeness (QED) is 0.824. The average Bonchev–Trinajstić information content (AvgIpc) is 2.54. The molecule has 8 nitrogen and oxygen atoms in total. The molecule has 0 bridgehead atoms. The molecule has 0 aromatic heterocycles. The van der Waals surface area contributed by atoms with Crippen LogP contribution in [0.1, 0.15) is 0 Å². The fraction of sp³-hybridized carbons (Fsp3) is 0.462. The maximum Gasteiger partial charge on any atom is 0.334 e. The molecule has 0 aliphatic carbocycles. The number of methoxy groups -OCH3 is 2. The zero-order valence-electron chi connectivity index (χ0n) is 12.5. The lowest BCUT2D eigenvalue weighted by atomic mass is 10.3. The number of rotatable bonds is 5. The number of morpholine rings is 1. The molecule has 1 atom stereocenters. The van der Waals surface area contributed by atoms with Crippen molar-refractivity contribution >= 4 is 27.6 Å². The zero-order chi connectivity index (χ0) is 17.2. The first-order valence-electron chi connectivity index (χ1n) is 6.57. The summed E-state index contributed by atoms with van der Waals surface area (Å²) >= 11 is 6.05. The van der Waals surface area contributed by atoms with Crippen LogP contribution in [0.15, 0.2) is 17.0 Å². The fourth-order valence-electron chi connectivity index (χ4n) is 2.17. The molecule has 1 N–H and O–H groups in total. The first-order chi connectivity index (χ1) is 10.8. The number of nitrogens with zero attached hydrogens (tertiary/aromatic N) is 1. The van der Waals surface area contributed by atoms with E-state index in [4.69, 9.17) is 30.9 Å². The number of carboxylic acids is 1. The number of aliphatic carboxylic acids is 1. The Morgan fingerprint density at radius 2 is 1.96 bits per heavy atom. The smallest absolute Gasteiger partial charge is 0.334 e. The van der Waals surface area contributed by atoms with E-state index in [1.807, 2.05) is 0 Å². The summed E-state index contributed by atoms with van der Waals surface area (Å²) in [6, 6.07) is 2.59. The minimum absolute atomic E-state index is 0.0128. The van der Waals surface area contributed by atoms with Gasteiger partial charge in [0.05, 0.1) is 32.4 Å². The van der Waals surface area contributed by atoms with E-state index in [0.717, 1.165) is 4.31 Å². The van der Waals surface area contributed by atoms with E-state index >= 15 is 0 Å². The average molecular weight is 366 g/mol. The van der Waals surface area contributed by atoms with E-state index in [9.17, 15) is 13.2 Å². The summed E-state index contributed by atoms with van der Waals surface area (Å²) in [4.78, 5) is 10.8. The summed E-state index contributed by atoms with van der Waals surface area (Å²) < 4.78 is 41.7. The van der Waals surface area contributed by atoms with Crippen molar-refractivity contribution in [2.24, 2.45) is 0 Å². The van der Waals surface area contributed by atoms with Crippen molar-refractivity contribution in [2.75, 3.05) is 33.9 Å². The van der Waals surface area contributed by atoms with Gasteiger partial charge in [-0.25, -0.2) is 13.2 Å². The van der Waals surface area contributed by atoms with Gasteiger partial charge in [-0.15, -0.1) is 0 Å². The molecule has 1 aliphatic heterocycles. The second-order valence-corrected chi connectivity index (χ2v) is 7.01. The predicted molar refractivity (Wildman–Crippen MR) is 80.7 cm³/mol. The Labute approximate surface area is 138 Å². The van der Waals surface area contributed by atoms with E-state index in [0.29, 0.717) is 5.75 Å². The van der Waals surface area contributed by atoms with Gasteiger partial charge >= 0.3 is 5.97 Å². The Balaban J connectivity index is 2.41. The van der Waals surface area contributed by atoms with E-state index in [2.05, 4.69) is 0 Å². The van der Waals surface area contributed by atoms with Crippen LogP contribution in [-0.4, -0.2) is 63.8 Å². The molecular weight excluding hydrogens is 350 g/mol. The molecule has 1 saturated heterocycles. The van der Waals surface area contributed by atoms with E-state index in [-0.39, 0.29) is 35.4 Å². The lowest BCUT2D eigenvalue weighted by Gasteiger charge is -2.30. The summed E-state index contributed by atoms with van der Waals surface area (Å²) in [6.45, 7) is -0.264. The van der Waals surface area contributed by atoms with E-state index in [1.165, 1.54) is 26.4 Å². The van der Waals surface area contributed by atoms with Crippen LogP contribution in [0, 0.1) is 0 Å². The van der Waals surface area contributed by atoms with Crippen LogP contribution >= 0.6 is 11.6 Å². The molecule has 1 heterocycles. The van der Waals surface area contributed by atoms with E-state index < -0.39 is 22.1 Å². The highest BCUT2D eigenvalue weighted by Gasteiger charge is 2.35. The molecule has 0 amide bonds. The summed E-state index contributed by atoms with van der Waals surface area (Å²) in [5, 5.41) is 8.95. The minimum Gasteiger partial charge on any atom is -0.493 e. The number of ether oxygens (including phenoxy) is 3. The highest BCUT2D eigenvalue weighted by Crippen LogP contribution is 2.36. The first-order valence-corrected chi connectivity index (χ1v) is 8.39. The monoisotopic (exact) mass is 365 g/mol. The molecule has 0 spiro atoms. The van der Waals surface area contributed by atoms with Gasteiger partial charge in [-0.1, -0.05) is 11.6 Å². The second-order valence-electron chi connectivity index (χ2n) is 4.70. The van der Waals surface area contributed by atoms with Crippen LogP contribution in [0.2, 0.25) is 5.02 Å². The van der Waals surface area contributed by atoms with Gasteiger partial charge in [-0.05, 0) is 0 Å². The van der Waals surface area contributed by atoms with Gasteiger partial charge in [0.25, 0.3) is 0 Å². The van der Waals surface area contributed by atoms with Crippen molar-refractivity contribution in [1.82, 2.24) is 4.31 Å². The fourth-order valence-corrected chi connectivity index (χ4v) is 4.10. The molecule has 10 heteroatoms. The lowest BCUT2D eigenvalue weighted by Crippen LogP contribution is -2.48. The standard InChI is InChI=1S/C13H16ClNO7S/c1-20-9-5-8(14)12(6-10(9)21-2)23(18,19)15-3-4-22-11(7-15)13(16)17/h5-6,11H,3-4,7H2,1-2H3,(H,16,17). The largest absolute Gasteiger partial charge is 0.493 e. The van der Waals surface area contributed by atoms with Crippen molar-refractivity contribution in [3.05, 3.63) is 17.2 Å². The van der Waals surface area contributed by atoms with Crippen LogP contribution in [0.3, 0.4) is 0 Å². The van der Waals surface area contributed by atoms with Gasteiger partial charge in [0.15, 0.2) is 17.6 Å². The molecule has 0 radical (unpaired) electrons. The van der Waals surface area contributed by atoms with Crippen LogP contribution in [0.4, 0.5) is 0 Å². The number of carboxylic acid groups (broad SMARTS) is 1. The van der Waals surface area contributed by atoms with Gasteiger partial charge in [0.1, 0.15) is 4.90 Å². The normalized spacial score (nSPS) is 19.3. The molecule has 128 valence electrons. The van der Waals surface area contributed by atoms with Crippen molar-refractivity contribution in [3.63, 3.8) is 0 Å². The molecule has 1 aromatic carbocycles. The number of halogens is 1. The highest BCUT2D eigenvalue weighted by molar-refractivity contribution is 7.89. The third kappa shape index (κ3) is 3.52.